The number of carbonyl (C=O) groups excluding carboxylic acids is 1. The van der Waals surface area contributed by atoms with Crippen LogP contribution in [-0.4, -0.2) is 18.7 Å². The van der Waals surface area contributed by atoms with E-state index in [4.69, 9.17) is 9.47 Å². The zero-order valence-electron chi connectivity index (χ0n) is 11.6. The van der Waals surface area contributed by atoms with Crippen molar-refractivity contribution in [2.24, 2.45) is 0 Å². The molecule has 0 aliphatic carbocycles. The highest BCUT2D eigenvalue weighted by molar-refractivity contribution is 5.66. The second-order valence-corrected chi connectivity index (χ2v) is 4.58. The van der Waals surface area contributed by atoms with Gasteiger partial charge in [-0.3, -0.25) is 4.79 Å². The molecule has 2 atom stereocenters. The molecule has 0 saturated heterocycles. The molecule has 0 unspecified atom stereocenters. The minimum atomic E-state index is -0.277. The van der Waals surface area contributed by atoms with Crippen LogP contribution in [-0.2, 0) is 9.53 Å². The first-order chi connectivity index (χ1) is 8.54. The number of hydrogen-bond acceptors (Lipinski definition) is 3. The Balaban J connectivity index is 2.64. The minimum absolute atomic E-state index is 0.229. The fourth-order valence-electron chi connectivity index (χ4n) is 1.76. The van der Waals surface area contributed by atoms with E-state index in [-0.39, 0.29) is 12.1 Å². The van der Waals surface area contributed by atoms with Crippen molar-refractivity contribution in [1.82, 2.24) is 0 Å². The number of hydrogen-bond donors (Lipinski definition) is 0. The Labute approximate surface area is 109 Å². The van der Waals surface area contributed by atoms with E-state index in [1.165, 1.54) is 12.5 Å². The van der Waals surface area contributed by atoms with Gasteiger partial charge in [0.25, 0.3) is 0 Å². The normalized spacial score (nSPS) is 13.8. The van der Waals surface area contributed by atoms with Crippen molar-refractivity contribution >= 4 is 5.97 Å². The maximum atomic E-state index is 10.8. The quantitative estimate of drug-likeness (QED) is 0.724. The van der Waals surface area contributed by atoms with Crippen molar-refractivity contribution in [2.75, 3.05) is 6.61 Å². The standard InChI is InChI=1S/C15H22O3/c1-5-11(2)14-8-6-7-9-15(14)17-10-12(3)18-13(4)16/h6-9,11-12H,5,10H2,1-4H3/t11-,12-/m1/s1. The predicted molar refractivity (Wildman–Crippen MR) is 71.9 cm³/mol. The summed E-state index contributed by atoms with van der Waals surface area (Å²) in [5.41, 5.74) is 1.20. The summed E-state index contributed by atoms with van der Waals surface area (Å²) in [6.45, 7) is 7.95. The molecule has 0 fully saturated rings. The topological polar surface area (TPSA) is 35.5 Å². The molecule has 0 aromatic heterocycles. The number of esters is 1. The first kappa shape index (κ1) is 14.6. The molecule has 1 aromatic carbocycles. The first-order valence-electron chi connectivity index (χ1n) is 6.43. The first-order valence-corrected chi connectivity index (χ1v) is 6.43. The van der Waals surface area contributed by atoms with Gasteiger partial charge in [-0.2, -0.15) is 0 Å². The van der Waals surface area contributed by atoms with Gasteiger partial charge < -0.3 is 9.47 Å². The average molecular weight is 250 g/mol. The van der Waals surface area contributed by atoms with Gasteiger partial charge in [0.15, 0.2) is 0 Å². The smallest absolute Gasteiger partial charge is 0.303 e. The molecule has 3 nitrogen and oxygen atoms in total. The molecule has 0 aliphatic heterocycles. The fraction of sp³-hybridized carbons (Fsp3) is 0.533. The lowest BCUT2D eigenvalue weighted by Gasteiger charge is -2.18. The third-order valence-electron chi connectivity index (χ3n) is 2.90. The van der Waals surface area contributed by atoms with Crippen LogP contribution in [0.5, 0.6) is 5.75 Å². The molecule has 0 heterocycles. The molecule has 0 aliphatic rings. The van der Waals surface area contributed by atoms with Gasteiger partial charge in [0.05, 0.1) is 0 Å². The highest BCUT2D eigenvalue weighted by Gasteiger charge is 2.11. The Hall–Kier alpha value is -1.51. The molecule has 3 heteroatoms. The van der Waals surface area contributed by atoms with Crippen LogP contribution in [0.3, 0.4) is 0 Å². The molecule has 0 N–H and O–H groups in total. The summed E-state index contributed by atoms with van der Waals surface area (Å²) in [5.74, 6) is 1.07. The van der Waals surface area contributed by atoms with E-state index in [2.05, 4.69) is 19.9 Å². The van der Waals surface area contributed by atoms with Crippen molar-refractivity contribution < 1.29 is 14.3 Å². The summed E-state index contributed by atoms with van der Waals surface area (Å²) in [4.78, 5) is 10.8. The number of ether oxygens (including phenoxy) is 2. The van der Waals surface area contributed by atoms with E-state index in [1.54, 1.807) is 0 Å². The van der Waals surface area contributed by atoms with E-state index in [0.29, 0.717) is 12.5 Å². The maximum absolute atomic E-state index is 10.8. The number of para-hydroxylation sites is 1. The van der Waals surface area contributed by atoms with Crippen LogP contribution in [0.2, 0.25) is 0 Å². The number of carbonyl (C=O) groups is 1. The third-order valence-corrected chi connectivity index (χ3v) is 2.90. The molecule has 0 amide bonds. The van der Waals surface area contributed by atoms with E-state index < -0.39 is 0 Å². The minimum Gasteiger partial charge on any atom is -0.489 e. The van der Waals surface area contributed by atoms with Crippen molar-refractivity contribution in [3.63, 3.8) is 0 Å². The Morgan fingerprint density at radius 2 is 1.94 bits per heavy atom. The molecule has 0 bridgehead atoms. The van der Waals surface area contributed by atoms with Gasteiger partial charge in [-0.15, -0.1) is 0 Å². The lowest BCUT2D eigenvalue weighted by molar-refractivity contribution is -0.146. The molecule has 1 rings (SSSR count). The van der Waals surface area contributed by atoms with E-state index in [0.717, 1.165) is 12.2 Å². The van der Waals surface area contributed by atoms with Crippen molar-refractivity contribution in [2.45, 2.75) is 46.1 Å². The van der Waals surface area contributed by atoms with Crippen molar-refractivity contribution in [3.05, 3.63) is 29.8 Å². The Morgan fingerprint density at radius 3 is 2.56 bits per heavy atom. The maximum Gasteiger partial charge on any atom is 0.303 e. The van der Waals surface area contributed by atoms with Crippen LogP contribution in [0.4, 0.5) is 0 Å². The second kappa shape index (κ2) is 7.04. The molecule has 18 heavy (non-hydrogen) atoms. The van der Waals surface area contributed by atoms with Crippen LogP contribution in [0.1, 0.15) is 45.6 Å². The third kappa shape index (κ3) is 4.40. The Kier molecular flexibility index (Phi) is 5.69. The van der Waals surface area contributed by atoms with Gasteiger partial charge in [-0.25, -0.2) is 0 Å². The lowest BCUT2D eigenvalue weighted by Crippen LogP contribution is -2.20. The average Bonchev–Trinajstić information content (AvgIpc) is 2.35. The largest absolute Gasteiger partial charge is 0.489 e. The van der Waals surface area contributed by atoms with Gasteiger partial charge in [0.1, 0.15) is 18.5 Å². The van der Waals surface area contributed by atoms with E-state index in [1.807, 2.05) is 25.1 Å². The lowest BCUT2D eigenvalue weighted by atomic mass is 9.98. The molecule has 1 aromatic rings. The Morgan fingerprint density at radius 1 is 1.28 bits per heavy atom. The fourth-order valence-corrected chi connectivity index (χ4v) is 1.76. The Bertz CT molecular complexity index is 387. The highest BCUT2D eigenvalue weighted by atomic mass is 16.6. The van der Waals surface area contributed by atoms with Gasteiger partial charge in [-0.05, 0) is 30.9 Å². The van der Waals surface area contributed by atoms with Gasteiger partial charge in [0.2, 0.25) is 0 Å². The van der Waals surface area contributed by atoms with Crippen LogP contribution >= 0.6 is 0 Å². The summed E-state index contributed by atoms with van der Waals surface area (Å²) in [6.07, 6.45) is 0.840. The number of benzene rings is 1. The summed E-state index contributed by atoms with van der Waals surface area (Å²) >= 11 is 0. The van der Waals surface area contributed by atoms with Gasteiger partial charge >= 0.3 is 5.97 Å². The van der Waals surface area contributed by atoms with Crippen molar-refractivity contribution in [3.8, 4) is 5.75 Å². The monoisotopic (exact) mass is 250 g/mol. The van der Waals surface area contributed by atoms with Crippen LogP contribution in [0.25, 0.3) is 0 Å². The van der Waals surface area contributed by atoms with Crippen LogP contribution in [0, 0.1) is 0 Å². The van der Waals surface area contributed by atoms with E-state index >= 15 is 0 Å². The zero-order chi connectivity index (χ0) is 13.5. The van der Waals surface area contributed by atoms with Crippen LogP contribution in [0.15, 0.2) is 24.3 Å². The summed E-state index contributed by atoms with van der Waals surface area (Å²) < 4.78 is 10.8. The molecule has 100 valence electrons. The molecular weight excluding hydrogens is 228 g/mol. The predicted octanol–water partition coefficient (Wildman–Crippen LogP) is 3.53. The summed E-state index contributed by atoms with van der Waals surface area (Å²) in [5, 5.41) is 0. The summed E-state index contributed by atoms with van der Waals surface area (Å²) in [7, 11) is 0. The van der Waals surface area contributed by atoms with Gasteiger partial charge in [0, 0.05) is 6.92 Å². The molecule has 0 spiro atoms. The van der Waals surface area contributed by atoms with Crippen LogP contribution < -0.4 is 4.74 Å². The van der Waals surface area contributed by atoms with Gasteiger partial charge in [-0.1, -0.05) is 32.0 Å². The van der Waals surface area contributed by atoms with E-state index in [9.17, 15) is 4.79 Å². The highest BCUT2D eigenvalue weighted by Crippen LogP contribution is 2.28. The number of rotatable bonds is 6. The molecule has 0 saturated carbocycles. The molecular formula is C15H22O3. The zero-order valence-corrected chi connectivity index (χ0v) is 11.6. The SMILES string of the molecule is CC[C@@H](C)c1ccccc1OC[C@@H](C)OC(C)=O. The second-order valence-electron chi connectivity index (χ2n) is 4.58. The summed E-state index contributed by atoms with van der Waals surface area (Å²) in [6, 6.07) is 8.02. The van der Waals surface area contributed by atoms with Crippen molar-refractivity contribution in [1.29, 1.82) is 0 Å². The molecule has 0 radical (unpaired) electrons.